The molecule has 0 aliphatic carbocycles. The molecule has 2 atom stereocenters. The average Bonchev–Trinajstić information content (AvgIpc) is 2.15. The molecule has 2 heterocycles. The highest BCUT2D eigenvalue weighted by Gasteiger charge is 2.25. The molecule has 2 fully saturated rings. The molecule has 0 aromatic rings. The number of nitrogens with zero attached hydrogens (tertiary/aromatic N) is 1. The molecule has 0 amide bonds. The van der Waals surface area contributed by atoms with Crippen molar-refractivity contribution in [3.8, 4) is 0 Å². The lowest BCUT2D eigenvalue weighted by molar-refractivity contribution is 0.0383. The van der Waals surface area contributed by atoms with Crippen LogP contribution in [0.3, 0.4) is 0 Å². The summed E-state index contributed by atoms with van der Waals surface area (Å²) in [6.45, 7) is 9.24. The second-order valence-corrected chi connectivity index (χ2v) is 5.70. The number of hydrogen-bond donors (Lipinski definition) is 1. The third kappa shape index (κ3) is 3.44. The molecule has 2 aliphatic rings. The number of rotatable bonds is 5. The summed E-state index contributed by atoms with van der Waals surface area (Å²) in [5, 5.41) is 3.36. The summed E-state index contributed by atoms with van der Waals surface area (Å²) in [5.74, 6) is 2.51. The van der Waals surface area contributed by atoms with E-state index in [4.69, 9.17) is 4.74 Å². The van der Waals surface area contributed by atoms with Crippen LogP contribution in [0.2, 0.25) is 0 Å². The lowest BCUT2D eigenvalue weighted by Gasteiger charge is -2.36. The maximum Gasteiger partial charge on any atom is 0.0506 e. The highest BCUT2D eigenvalue weighted by atomic mass is 16.5. The van der Waals surface area contributed by atoms with Crippen molar-refractivity contribution in [2.24, 2.45) is 17.8 Å². The number of hydrogen-bond acceptors (Lipinski definition) is 3. The Balaban J connectivity index is 1.64. The Morgan fingerprint density at radius 3 is 2.81 bits per heavy atom. The zero-order valence-corrected chi connectivity index (χ0v) is 10.7. The molecule has 2 rings (SSSR count). The highest BCUT2D eigenvalue weighted by molar-refractivity contribution is 4.81. The van der Waals surface area contributed by atoms with Crippen molar-refractivity contribution in [1.82, 2.24) is 10.2 Å². The van der Waals surface area contributed by atoms with Crippen LogP contribution >= 0.6 is 0 Å². The summed E-state index contributed by atoms with van der Waals surface area (Å²) in [4.78, 5) is 2.50. The molecular weight excluding hydrogens is 200 g/mol. The molecule has 0 radical (unpaired) electrons. The topological polar surface area (TPSA) is 24.5 Å². The zero-order chi connectivity index (χ0) is 11.4. The molecule has 2 unspecified atom stereocenters. The minimum Gasteiger partial charge on any atom is -0.381 e. The fraction of sp³-hybridized carbons (Fsp3) is 1.00. The SMILES string of the molecule is CC(CN(C)CC1CCCOC1)C1CNC1. The van der Waals surface area contributed by atoms with E-state index in [0.29, 0.717) is 0 Å². The van der Waals surface area contributed by atoms with E-state index in [0.717, 1.165) is 31.0 Å². The van der Waals surface area contributed by atoms with E-state index in [2.05, 4.69) is 24.2 Å². The summed E-state index contributed by atoms with van der Waals surface area (Å²) in [6.07, 6.45) is 2.60. The van der Waals surface area contributed by atoms with Crippen molar-refractivity contribution in [2.75, 3.05) is 46.4 Å². The maximum atomic E-state index is 5.53. The fourth-order valence-electron chi connectivity index (χ4n) is 2.82. The number of ether oxygens (including phenoxy) is 1. The standard InChI is InChI=1S/C13H26N2O/c1-11(13-6-14-7-13)8-15(2)9-12-4-3-5-16-10-12/h11-14H,3-10H2,1-2H3. The predicted octanol–water partition coefficient (Wildman–Crippen LogP) is 1.20. The van der Waals surface area contributed by atoms with Crippen molar-refractivity contribution in [3.63, 3.8) is 0 Å². The molecule has 0 aromatic carbocycles. The van der Waals surface area contributed by atoms with Gasteiger partial charge in [-0.05, 0) is 50.7 Å². The summed E-state index contributed by atoms with van der Waals surface area (Å²) in [7, 11) is 2.26. The Bertz CT molecular complexity index is 196. The van der Waals surface area contributed by atoms with E-state index >= 15 is 0 Å². The Hall–Kier alpha value is -0.120. The van der Waals surface area contributed by atoms with Gasteiger partial charge in [-0.3, -0.25) is 0 Å². The normalized spacial score (nSPS) is 29.1. The van der Waals surface area contributed by atoms with Crippen LogP contribution in [0.25, 0.3) is 0 Å². The highest BCUT2D eigenvalue weighted by Crippen LogP contribution is 2.19. The summed E-state index contributed by atoms with van der Waals surface area (Å²) in [6, 6.07) is 0. The van der Waals surface area contributed by atoms with Gasteiger partial charge in [0.2, 0.25) is 0 Å². The molecule has 0 aromatic heterocycles. The Morgan fingerprint density at radius 1 is 1.44 bits per heavy atom. The first kappa shape index (κ1) is 12.3. The molecule has 0 spiro atoms. The second kappa shape index (κ2) is 5.99. The van der Waals surface area contributed by atoms with Crippen molar-refractivity contribution >= 4 is 0 Å². The predicted molar refractivity (Wildman–Crippen MR) is 66.6 cm³/mol. The van der Waals surface area contributed by atoms with Crippen molar-refractivity contribution in [3.05, 3.63) is 0 Å². The first-order valence-electron chi connectivity index (χ1n) is 6.72. The lowest BCUT2D eigenvalue weighted by Crippen LogP contribution is -2.48. The first-order valence-corrected chi connectivity index (χ1v) is 6.72. The van der Waals surface area contributed by atoms with Crippen LogP contribution in [0, 0.1) is 17.8 Å². The molecule has 0 saturated carbocycles. The monoisotopic (exact) mass is 226 g/mol. The summed E-state index contributed by atoms with van der Waals surface area (Å²) in [5.41, 5.74) is 0. The Kier molecular flexibility index (Phi) is 4.62. The third-order valence-corrected chi connectivity index (χ3v) is 4.04. The minimum absolute atomic E-state index is 0.769. The molecule has 2 aliphatic heterocycles. The van der Waals surface area contributed by atoms with Crippen LogP contribution in [0.15, 0.2) is 0 Å². The minimum atomic E-state index is 0.769. The molecule has 2 saturated heterocycles. The summed E-state index contributed by atoms with van der Waals surface area (Å²) < 4.78 is 5.53. The van der Waals surface area contributed by atoms with Gasteiger partial charge >= 0.3 is 0 Å². The quantitative estimate of drug-likeness (QED) is 0.762. The van der Waals surface area contributed by atoms with E-state index < -0.39 is 0 Å². The van der Waals surface area contributed by atoms with E-state index in [1.54, 1.807) is 0 Å². The van der Waals surface area contributed by atoms with Gasteiger partial charge in [-0.1, -0.05) is 6.92 Å². The Morgan fingerprint density at radius 2 is 2.25 bits per heavy atom. The van der Waals surface area contributed by atoms with Crippen LogP contribution in [-0.2, 0) is 4.74 Å². The van der Waals surface area contributed by atoms with Crippen LogP contribution in [-0.4, -0.2) is 51.3 Å². The van der Waals surface area contributed by atoms with Gasteiger partial charge < -0.3 is 15.0 Å². The van der Waals surface area contributed by atoms with Gasteiger partial charge in [0.25, 0.3) is 0 Å². The van der Waals surface area contributed by atoms with E-state index in [9.17, 15) is 0 Å². The van der Waals surface area contributed by atoms with E-state index in [1.807, 2.05) is 0 Å². The van der Waals surface area contributed by atoms with Gasteiger partial charge in [-0.2, -0.15) is 0 Å². The fourth-order valence-corrected chi connectivity index (χ4v) is 2.82. The summed E-state index contributed by atoms with van der Waals surface area (Å²) >= 11 is 0. The maximum absolute atomic E-state index is 5.53. The van der Waals surface area contributed by atoms with Crippen molar-refractivity contribution < 1.29 is 4.74 Å². The van der Waals surface area contributed by atoms with Gasteiger partial charge in [0.05, 0.1) is 6.61 Å². The largest absolute Gasteiger partial charge is 0.381 e. The molecule has 94 valence electrons. The van der Waals surface area contributed by atoms with Gasteiger partial charge in [0.15, 0.2) is 0 Å². The molecule has 16 heavy (non-hydrogen) atoms. The molecule has 1 N–H and O–H groups in total. The molecular formula is C13H26N2O. The van der Waals surface area contributed by atoms with Gasteiger partial charge in [0, 0.05) is 19.7 Å². The van der Waals surface area contributed by atoms with Crippen LogP contribution in [0.5, 0.6) is 0 Å². The van der Waals surface area contributed by atoms with Gasteiger partial charge in [0.1, 0.15) is 0 Å². The van der Waals surface area contributed by atoms with Crippen LogP contribution < -0.4 is 5.32 Å². The molecule has 3 nitrogen and oxygen atoms in total. The third-order valence-electron chi connectivity index (χ3n) is 4.04. The van der Waals surface area contributed by atoms with Crippen molar-refractivity contribution in [1.29, 1.82) is 0 Å². The van der Waals surface area contributed by atoms with Crippen molar-refractivity contribution in [2.45, 2.75) is 19.8 Å². The van der Waals surface area contributed by atoms with Crippen LogP contribution in [0.4, 0.5) is 0 Å². The van der Waals surface area contributed by atoms with Gasteiger partial charge in [-0.25, -0.2) is 0 Å². The zero-order valence-electron chi connectivity index (χ0n) is 10.7. The Labute approximate surface area is 99.5 Å². The van der Waals surface area contributed by atoms with E-state index in [1.165, 1.54) is 39.0 Å². The molecule has 0 bridgehead atoms. The van der Waals surface area contributed by atoms with Gasteiger partial charge in [-0.15, -0.1) is 0 Å². The first-order chi connectivity index (χ1) is 7.75. The van der Waals surface area contributed by atoms with Crippen LogP contribution in [0.1, 0.15) is 19.8 Å². The van der Waals surface area contributed by atoms with E-state index in [-0.39, 0.29) is 0 Å². The number of nitrogens with one attached hydrogen (secondary N) is 1. The lowest BCUT2D eigenvalue weighted by atomic mass is 9.88. The average molecular weight is 226 g/mol. The smallest absolute Gasteiger partial charge is 0.0506 e. The second-order valence-electron chi connectivity index (χ2n) is 5.70. The molecule has 3 heteroatoms.